The molecule has 2 N–H and O–H groups in total. The second kappa shape index (κ2) is 4.95. The molecule has 3 saturated carbocycles. The fourth-order valence-electron chi connectivity index (χ4n) is 4.29. The molecule has 0 bridgehead atoms. The Morgan fingerprint density at radius 1 is 1.18 bits per heavy atom. The van der Waals surface area contributed by atoms with Crippen LogP contribution in [0.3, 0.4) is 0 Å². The predicted octanol–water partition coefficient (Wildman–Crippen LogP) is 1.20. The van der Waals surface area contributed by atoms with Gasteiger partial charge < -0.3 is 15.3 Å². The summed E-state index contributed by atoms with van der Waals surface area (Å²) in [7, 11) is 0. The van der Waals surface area contributed by atoms with Gasteiger partial charge >= 0.3 is 0 Å². The molecule has 4 fully saturated rings. The highest BCUT2D eigenvalue weighted by molar-refractivity contribution is 5.84. The standard InChI is InChI=1S/C17H26N2O3/c20-14(10-17(22)5-2-6-17)19-8-7-16(11-19)9-13(16)15(21)18-12-3-1-4-12/h12-13,22H,1-11H2,(H,18,21). The maximum Gasteiger partial charge on any atom is 0.225 e. The molecule has 4 aliphatic rings. The van der Waals surface area contributed by atoms with Gasteiger partial charge in [-0.1, -0.05) is 0 Å². The molecule has 0 aromatic rings. The van der Waals surface area contributed by atoms with Crippen LogP contribution in [0.1, 0.15) is 57.8 Å². The van der Waals surface area contributed by atoms with Gasteiger partial charge in [-0.05, 0) is 51.4 Å². The maximum atomic E-state index is 12.3. The lowest BCUT2D eigenvalue weighted by Crippen LogP contribution is -2.43. The first kappa shape index (κ1) is 14.5. The quantitative estimate of drug-likeness (QED) is 0.820. The van der Waals surface area contributed by atoms with Crippen LogP contribution in [0.15, 0.2) is 0 Å². The van der Waals surface area contributed by atoms with Crippen LogP contribution >= 0.6 is 0 Å². The molecule has 0 aromatic carbocycles. The van der Waals surface area contributed by atoms with E-state index in [1.165, 1.54) is 6.42 Å². The Morgan fingerprint density at radius 3 is 2.55 bits per heavy atom. The molecule has 5 nitrogen and oxygen atoms in total. The van der Waals surface area contributed by atoms with Crippen molar-refractivity contribution < 1.29 is 14.7 Å². The summed E-state index contributed by atoms with van der Waals surface area (Å²) in [6.07, 6.45) is 8.14. The Kier molecular flexibility index (Phi) is 3.26. The van der Waals surface area contributed by atoms with Crippen LogP contribution in [0.2, 0.25) is 0 Å². The third-order valence-electron chi connectivity index (χ3n) is 6.46. The molecule has 122 valence electrons. The molecule has 5 heteroatoms. The highest BCUT2D eigenvalue weighted by Crippen LogP contribution is 2.58. The summed E-state index contributed by atoms with van der Waals surface area (Å²) in [5.74, 6) is 0.387. The summed E-state index contributed by atoms with van der Waals surface area (Å²) in [5, 5.41) is 13.3. The molecule has 0 aromatic heterocycles. The minimum absolute atomic E-state index is 0.0473. The van der Waals surface area contributed by atoms with Gasteiger partial charge in [0.25, 0.3) is 0 Å². The van der Waals surface area contributed by atoms with E-state index in [2.05, 4.69) is 5.32 Å². The largest absolute Gasteiger partial charge is 0.389 e. The summed E-state index contributed by atoms with van der Waals surface area (Å²) in [4.78, 5) is 26.5. The van der Waals surface area contributed by atoms with E-state index >= 15 is 0 Å². The first-order valence-electron chi connectivity index (χ1n) is 8.80. The molecule has 2 unspecified atom stereocenters. The Balaban J connectivity index is 1.29. The molecular weight excluding hydrogens is 280 g/mol. The van der Waals surface area contributed by atoms with E-state index in [-0.39, 0.29) is 29.6 Å². The Morgan fingerprint density at radius 2 is 1.95 bits per heavy atom. The van der Waals surface area contributed by atoms with E-state index in [0.717, 1.165) is 51.5 Å². The van der Waals surface area contributed by atoms with E-state index in [1.807, 2.05) is 4.90 Å². The fraction of sp³-hybridized carbons (Fsp3) is 0.882. The van der Waals surface area contributed by atoms with Gasteiger partial charge in [-0.3, -0.25) is 9.59 Å². The van der Waals surface area contributed by atoms with E-state index in [4.69, 9.17) is 0 Å². The molecule has 1 heterocycles. The number of nitrogens with zero attached hydrogens (tertiary/aromatic N) is 1. The predicted molar refractivity (Wildman–Crippen MR) is 80.9 cm³/mol. The number of hydrogen-bond donors (Lipinski definition) is 2. The number of hydrogen-bond acceptors (Lipinski definition) is 3. The van der Waals surface area contributed by atoms with Crippen molar-refractivity contribution in [3.63, 3.8) is 0 Å². The van der Waals surface area contributed by atoms with E-state index in [9.17, 15) is 14.7 Å². The average Bonchev–Trinajstić information content (AvgIpc) is 2.92. The molecule has 2 amide bonds. The molecule has 1 aliphatic heterocycles. The maximum absolute atomic E-state index is 12.3. The van der Waals surface area contributed by atoms with Gasteiger partial charge in [0.15, 0.2) is 0 Å². The number of likely N-dealkylation sites (tertiary alicyclic amines) is 1. The third-order valence-corrected chi connectivity index (χ3v) is 6.46. The van der Waals surface area contributed by atoms with Crippen LogP contribution in [0.4, 0.5) is 0 Å². The Bertz CT molecular complexity index is 498. The molecular formula is C17H26N2O3. The van der Waals surface area contributed by atoms with Gasteiger partial charge in [-0.25, -0.2) is 0 Å². The van der Waals surface area contributed by atoms with Crippen molar-refractivity contribution in [3.05, 3.63) is 0 Å². The second-order valence-electron chi connectivity index (χ2n) is 8.08. The number of carbonyl (C=O) groups is 2. The zero-order chi connectivity index (χ0) is 15.4. The van der Waals surface area contributed by atoms with Gasteiger partial charge in [-0.2, -0.15) is 0 Å². The first-order valence-corrected chi connectivity index (χ1v) is 8.80. The highest BCUT2D eigenvalue weighted by atomic mass is 16.3. The molecule has 0 radical (unpaired) electrons. The van der Waals surface area contributed by atoms with Crippen molar-refractivity contribution in [1.82, 2.24) is 10.2 Å². The Hall–Kier alpha value is -1.10. The van der Waals surface area contributed by atoms with E-state index < -0.39 is 5.60 Å². The van der Waals surface area contributed by atoms with E-state index in [0.29, 0.717) is 12.6 Å². The topological polar surface area (TPSA) is 69.6 Å². The van der Waals surface area contributed by atoms with Crippen LogP contribution in [0.5, 0.6) is 0 Å². The zero-order valence-electron chi connectivity index (χ0n) is 13.1. The van der Waals surface area contributed by atoms with Crippen LogP contribution in [-0.4, -0.2) is 46.6 Å². The number of aliphatic hydroxyl groups is 1. The monoisotopic (exact) mass is 306 g/mol. The van der Waals surface area contributed by atoms with Gasteiger partial charge in [0.2, 0.25) is 11.8 Å². The van der Waals surface area contributed by atoms with Gasteiger partial charge in [0.1, 0.15) is 0 Å². The summed E-state index contributed by atoms with van der Waals surface area (Å²) in [5.41, 5.74) is -0.691. The van der Waals surface area contributed by atoms with Crippen LogP contribution < -0.4 is 5.32 Å². The Labute approximate surface area is 131 Å². The molecule has 1 saturated heterocycles. The van der Waals surface area contributed by atoms with Gasteiger partial charge in [0.05, 0.1) is 12.0 Å². The molecule has 4 rings (SSSR count). The van der Waals surface area contributed by atoms with Crippen LogP contribution in [-0.2, 0) is 9.59 Å². The van der Waals surface area contributed by atoms with Gasteiger partial charge in [-0.15, -0.1) is 0 Å². The SMILES string of the molecule is O=C(NC1CCC1)C1CC12CCN(C(=O)CC1(O)CCC1)C2. The first-order chi connectivity index (χ1) is 10.5. The third kappa shape index (κ3) is 2.43. The van der Waals surface area contributed by atoms with Crippen molar-refractivity contribution >= 4 is 11.8 Å². The highest BCUT2D eigenvalue weighted by Gasteiger charge is 2.61. The zero-order valence-corrected chi connectivity index (χ0v) is 13.1. The lowest BCUT2D eigenvalue weighted by molar-refractivity contribution is -0.139. The minimum Gasteiger partial charge on any atom is -0.389 e. The van der Waals surface area contributed by atoms with Crippen molar-refractivity contribution in [2.45, 2.75) is 69.4 Å². The number of rotatable bonds is 4. The second-order valence-corrected chi connectivity index (χ2v) is 8.08. The number of carbonyl (C=O) groups excluding carboxylic acids is 2. The summed E-state index contributed by atoms with van der Waals surface area (Å²) < 4.78 is 0. The minimum atomic E-state index is -0.739. The van der Waals surface area contributed by atoms with Crippen molar-refractivity contribution in [2.75, 3.05) is 13.1 Å². The lowest BCUT2D eigenvalue weighted by atomic mass is 9.77. The van der Waals surface area contributed by atoms with E-state index in [1.54, 1.807) is 0 Å². The number of nitrogens with one attached hydrogen (secondary N) is 1. The van der Waals surface area contributed by atoms with Crippen molar-refractivity contribution in [2.24, 2.45) is 11.3 Å². The normalized spacial score (nSPS) is 35.9. The lowest BCUT2D eigenvalue weighted by Gasteiger charge is -2.37. The van der Waals surface area contributed by atoms with Crippen LogP contribution in [0.25, 0.3) is 0 Å². The van der Waals surface area contributed by atoms with Crippen molar-refractivity contribution in [3.8, 4) is 0 Å². The van der Waals surface area contributed by atoms with Crippen LogP contribution in [0, 0.1) is 11.3 Å². The average molecular weight is 306 g/mol. The fourth-order valence-corrected chi connectivity index (χ4v) is 4.29. The summed E-state index contributed by atoms with van der Waals surface area (Å²) in [6.45, 7) is 1.47. The van der Waals surface area contributed by atoms with Gasteiger partial charge in [0, 0.05) is 30.5 Å². The molecule has 3 aliphatic carbocycles. The molecule has 22 heavy (non-hydrogen) atoms. The molecule has 2 atom stereocenters. The summed E-state index contributed by atoms with van der Waals surface area (Å²) >= 11 is 0. The number of amides is 2. The summed E-state index contributed by atoms with van der Waals surface area (Å²) in [6, 6.07) is 0.400. The van der Waals surface area contributed by atoms with Crippen molar-refractivity contribution in [1.29, 1.82) is 0 Å². The molecule has 1 spiro atoms. The smallest absolute Gasteiger partial charge is 0.225 e.